The number of aryl methyl sites for hydroxylation is 1. The van der Waals surface area contributed by atoms with Gasteiger partial charge >= 0.3 is 0 Å². The summed E-state index contributed by atoms with van der Waals surface area (Å²) in [6.45, 7) is 1.70. The molecule has 0 saturated heterocycles. The maximum absolute atomic E-state index is 11.8. The molecule has 0 unspecified atom stereocenters. The van der Waals surface area contributed by atoms with Crippen LogP contribution in [0.15, 0.2) is 30.3 Å². The second-order valence-corrected chi connectivity index (χ2v) is 4.58. The van der Waals surface area contributed by atoms with Crippen LogP contribution in [-0.4, -0.2) is 25.5 Å². The number of carbonyl (C=O) groups excluding carboxylic acids is 1. The first kappa shape index (κ1) is 12.6. The number of aromatic nitrogens is 4. The van der Waals surface area contributed by atoms with E-state index in [0.717, 1.165) is 5.56 Å². The third-order valence-corrected chi connectivity index (χ3v) is 3.10. The van der Waals surface area contributed by atoms with E-state index in [2.05, 4.69) is 15.1 Å². The zero-order chi connectivity index (χ0) is 14.3. The Balaban J connectivity index is 2.48. The van der Waals surface area contributed by atoms with E-state index in [9.17, 15) is 4.79 Å². The molecular weight excluding hydrogens is 278 g/mol. The molecule has 1 aromatic carbocycles. The average Bonchev–Trinajstić information content (AvgIpc) is 2.77. The molecule has 0 saturated carbocycles. The van der Waals surface area contributed by atoms with E-state index in [1.165, 1.54) is 4.52 Å². The standard InChI is InChI=1S/C13H10ClN5O/c1-7-9(11(15)20)10(8-5-3-2-4-6-8)19-13(16-7)17-12(14)18-19/h2-6H,1H3,(H2,15,20). The summed E-state index contributed by atoms with van der Waals surface area (Å²) in [5, 5.41) is 4.14. The lowest BCUT2D eigenvalue weighted by Gasteiger charge is -2.10. The van der Waals surface area contributed by atoms with Crippen LogP contribution in [0.5, 0.6) is 0 Å². The molecule has 0 aliphatic heterocycles. The number of primary amides is 1. The highest BCUT2D eigenvalue weighted by atomic mass is 35.5. The largest absolute Gasteiger partial charge is 0.365 e. The van der Waals surface area contributed by atoms with Gasteiger partial charge in [0.2, 0.25) is 5.28 Å². The third kappa shape index (κ3) is 1.90. The van der Waals surface area contributed by atoms with E-state index in [0.29, 0.717) is 22.7 Å². The molecule has 3 aromatic rings. The molecule has 0 atom stereocenters. The van der Waals surface area contributed by atoms with Crippen molar-refractivity contribution >= 4 is 23.3 Å². The Labute approximate surface area is 119 Å². The molecule has 0 radical (unpaired) electrons. The van der Waals surface area contributed by atoms with E-state index >= 15 is 0 Å². The fourth-order valence-corrected chi connectivity index (χ4v) is 2.29. The molecule has 100 valence electrons. The van der Waals surface area contributed by atoms with Crippen molar-refractivity contribution in [1.82, 2.24) is 19.6 Å². The van der Waals surface area contributed by atoms with Crippen LogP contribution in [0.3, 0.4) is 0 Å². The van der Waals surface area contributed by atoms with Crippen LogP contribution in [0.2, 0.25) is 5.28 Å². The van der Waals surface area contributed by atoms with Gasteiger partial charge in [0.15, 0.2) is 0 Å². The minimum absolute atomic E-state index is 0.0655. The summed E-state index contributed by atoms with van der Waals surface area (Å²) in [5.41, 5.74) is 7.61. The van der Waals surface area contributed by atoms with Gasteiger partial charge in [0.1, 0.15) is 0 Å². The Morgan fingerprint density at radius 1 is 1.25 bits per heavy atom. The van der Waals surface area contributed by atoms with Gasteiger partial charge < -0.3 is 5.73 Å². The maximum Gasteiger partial charge on any atom is 0.254 e. The molecule has 2 N–H and O–H groups in total. The first-order chi connectivity index (χ1) is 9.58. The van der Waals surface area contributed by atoms with Gasteiger partial charge in [-0.3, -0.25) is 4.79 Å². The van der Waals surface area contributed by atoms with Crippen LogP contribution >= 0.6 is 11.6 Å². The number of rotatable bonds is 2. The van der Waals surface area contributed by atoms with Gasteiger partial charge in [-0.1, -0.05) is 30.3 Å². The molecule has 20 heavy (non-hydrogen) atoms. The summed E-state index contributed by atoms with van der Waals surface area (Å²) in [6.07, 6.45) is 0. The highest BCUT2D eigenvalue weighted by molar-refractivity contribution is 6.28. The van der Waals surface area contributed by atoms with E-state index in [4.69, 9.17) is 17.3 Å². The highest BCUT2D eigenvalue weighted by Crippen LogP contribution is 2.26. The Kier molecular flexibility index (Phi) is 2.87. The lowest BCUT2D eigenvalue weighted by Crippen LogP contribution is -2.18. The summed E-state index contributed by atoms with van der Waals surface area (Å²) < 4.78 is 1.44. The molecule has 3 rings (SSSR count). The highest BCUT2D eigenvalue weighted by Gasteiger charge is 2.20. The zero-order valence-corrected chi connectivity index (χ0v) is 11.3. The van der Waals surface area contributed by atoms with Gasteiger partial charge in [0.25, 0.3) is 11.7 Å². The number of benzene rings is 1. The number of carbonyl (C=O) groups is 1. The van der Waals surface area contributed by atoms with Crippen molar-refractivity contribution in [2.24, 2.45) is 5.73 Å². The quantitative estimate of drug-likeness (QED) is 0.779. The monoisotopic (exact) mass is 287 g/mol. The number of hydrogen-bond acceptors (Lipinski definition) is 4. The van der Waals surface area contributed by atoms with E-state index in [1.807, 2.05) is 30.3 Å². The molecule has 1 amide bonds. The summed E-state index contributed by atoms with van der Waals surface area (Å²) in [6, 6.07) is 9.32. The van der Waals surface area contributed by atoms with E-state index < -0.39 is 5.91 Å². The van der Waals surface area contributed by atoms with Crippen LogP contribution in [0.1, 0.15) is 16.1 Å². The van der Waals surface area contributed by atoms with Gasteiger partial charge in [0.05, 0.1) is 17.0 Å². The van der Waals surface area contributed by atoms with E-state index in [1.54, 1.807) is 6.92 Å². The second kappa shape index (κ2) is 4.57. The van der Waals surface area contributed by atoms with Gasteiger partial charge in [0, 0.05) is 5.56 Å². The van der Waals surface area contributed by atoms with Gasteiger partial charge in [-0.05, 0) is 18.5 Å². The molecule has 0 aliphatic carbocycles. The summed E-state index contributed by atoms with van der Waals surface area (Å²) in [5.74, 6) is -0.237. The number of hydrogen-bond donors (Lipinski definition) is 1. The van der Waals surface area contributed by atoms with Crippen molar-refractivity contribution in [2.75, 3.05) is 0 Å². The molecule has 0 aliphatic rings. The molecule has 6 nitrogen and oxygen atoms in total. The molecule has 2 heterocycles. The van der Waals surface area contributed by atoms with Crippen LogP contribution in [-0.2, 0) is 0 Å². The second-order valence-electron chi connectivity index (χ2n) is 4.24. The molecule has 2 aromatic heterocycles. The fraction of sp³-hybridized carbons (Fsp3) is 0.0769. The lowest BCUT2D eigenvalue weighted by molar-refractivity contribution is 0.0999. The van der Waals surface area contributed by atoms with Crippen LogP contribution in [0, 0.1) is 6.92 Å². The maximum atomic E-state index is 11.8. The Morgan fingerprint density at radius 2 is 1.95 bits per heavy atom. The van der Waals surface area contributed by atoms with Crippen molar-refractivity contribution in [3.63, 3.8) is 0 Å². The normalized spacial score (nSPS) is 10.9. The van der Waals surface area contributed by atoms with Gasteiger partial charge in [-0.25, -0.2) is 4.98 Å². The topological polar surface area (TPSA) is 86.2 Å². The SMILES string of the molecule is Cc1nc2nc(Cl)nn2c(-c2ccccc2)c1C(N)=O. The summed E-state index contributed by atoms with van der Waals surface area (Å²) >= 11 is 5.83. The smallest absolute Gasteiger partial charge is 0.254 e. The number of nitrogens with two attached hydrogens (primary N) is 1. The van der Waals surface area contributed by atoms with Crippen molar-refractivity contribution in [3.05, 3.63) is 46.9 Å². The number of fused-ring (bicyclic) bond motifs is 1. The lowest BCUT2D eigenvalue weighted by atomic mass is 10.0. The first-order valence-electron chi connectivity index (χ1n) is 5.86. The average molecular weight is 288 g/mol. The summed E-state index contributed by atoms with van der Waals surface area (Å²) in [7, 11) is 0. The zero-order valence-electron chi connectivity index (χ0n) is 10.5. The predicted octanol–water partition coefficient (Wildman–Crippen LogP) is 1.85. The molecule has 0 fully saturated rings. The van der Waals surface area contributed by atoms with Crippen molar-refractivity contribution in [2.45, 2.75) is 6.92 Å². The third-order valence-electron chi connectivity index (χ3n) is 2.94. The number of nitrogens with zero attached hydrogens (tertiary/aromatic N) is 4. The molecule has 0 bridgehead atoms. The van der Waals surface area contributed by atoms with Gasteiger partial charge in [-0.15, -0.1) is 5.10 Å². The van der Waals surface area contributed by atoms with Crippen LogP contribution in [0.4, 0.5) is 0 Å². The van der Waals surface area contributed by atoms with Crippen molar-refractivity contribution < 1.29 is 4.79 Å². The van der Waals surface area contributed by atoms with Crippen LogP contribution in [0.25, 0.3) is 17.0 Å². The van der Waals surface area contributed by atoms with Crippen molar-refractivity contribution in [1.29, 1.82) is 0 Å². The molecular formula is C13H10ClN5O. The number of amides is 1. The van der Waals surface area contributed by atoms with E-state index in [-0.39, 0.29) is 5.28 Å². The van der Waals surface area contributed by atoms with Crippen molar-refractivity contribution in [3.8, 4) is 11.3 Å². The first-order valence-corrected chi connectivity index (χ1v) is 6.24. The van der Waals surface area contributed by atoms with Gasteiger partial charge in [-0.2, -0.15) is 9.50 Å². The summed E-state index contributed by atoms with van der Waals surface area (Å²) in [4.78, 5) is 20.0. The number of halogens is 1. The minimum atomic E-state index is -0.567. The molecule has 0 spiro atoms. The fourth-order valence-electron chi connectivity index (χ4n) is 2.14. The Hall–Kier alpha value is -2.47. The minimum Gasteiger partial charge on any atom is -0.365 e. The molecule has 7 heteroatoms. The Bertz CT molecular complexity index is 812. The Morgan fingerprint density at radius 3 is 2.60 bits per heavy atom. The predicted molar refractivity (Wildman–Crippen MR) is 74.5 cm³/mol. The van der Waals surface area contributed by atoms with Crippen LogP contribution < -0.4 is 5.73 Å².